The quantitative estimate of drug-likeness (QED) is 0.561. The van der Waals surface area contributed by atoms with E-state index in [1.807, 2.05) is 24.3 Å². The Morgan fingerprint density at radius 3 is 2.96 bits per heavy atom. The molecule has 0 fully saturated rings. The molecule has 126 valence electrons. The van der Waals surface area contributed by atoms with Crippen LogP contribution in [0.2, 0.25) is 5.02 Å². The second-order valence-electron chi connectivity index (χ2n) is 5.61. The Morgan fingerprint density at radius 1 is 1.28 bits per heavy atom. The molecule has 0 aliphatic rings. The van der Waals surface area contributed by atoms with E-state index in [9.17, 15) is 4.79 Å². The van der Waals surface area contributed by atoms with Gasteiger partial charge in [0.25, 0.3) is 11.3 Å². The zero-order chi connectivity index (χ0) is 17.4. The molecule has 4 aromatic rings. The predicted molar refractivity (Wildman–Crippen MR) is 93.8 cm³/mol. The van der Waals surface area contributed by atoms with Crippen molar-refractivity contribution >= 4 is 28.3 Å². The minimum atomic E-state index is -0.143. The summed E-state index contributed by atoms with van der Waals surface area (Å²) < 4.78 is 8.23. The largest absolute Gasteiger partial charge is 0.377 e. The lowest BCUT2D eigenvalue weighted by atomic mass is 10.2. The molecule has 7 nitrogen and oxygen atoms in total. The number of hydrogen-bond donors (Lipinski definition) is 0. The highest BCUT2D eigenvalue weighted by Gasteiger charge is 2.11. The first-order valence-corrected chi connectivity index (χ1v) is 8.01. The molecular formula is C17H14ClN5O2. The molecule has 0 radical (unpaired) electrons. The number of aromatic nitrogens is 5. The highest BCUT2D eigenvalue weighted by molar-refractivity contribution is 6.30. The third kappa shape index (κ3) is 2.88. The van der Waals surface area contributed by atoms with Gasteiger partial charge in [-0.25, -0.2) is 4.98 Å². The molecule has 0 unspecified atom stereocenters. The van der Waals surface area contributed by atoms with E-state index >= 15 is 0 Å². The molecule has 8 heteroatoms. The predicted octanol–water partition coefficient (Wildman–Crippen LogP) is 2.29. The fourth-order valence-electron chi connectivity index (χ4n) is 2.75. The van der Waals surface area contributed by atoms with E-state index in [0.717, 1.165) is 5.56 Å². The number of nitrogens with zero attached hydrogens (tertiary/aromatic N) is 5. The van der Waals surface area contributed by atoms with E-state index in [0.29, 0.717) is 34.1 Å². The van der Waals surface area contributed by atoms with Gasteiger partial charge in [0.2, 0.25) is 0 Å². The average molecular weight is 356 g/mol. The monoisotopic (exact) mass is 355 g/mol. The summed E-state index contributed by atoms with van der Waals surface area (Å²) in [6.45, 7) is 0.719. The van der Waals surface area contributed by atoms with Crippen LogP contribution in [-0.2, 0) is 17.9 Å². The molecule has 0 atom stereocenters. The molecule has 0 saturated carbocycles. The summed E-state index contributed by atoms with van der Waals surface area (Å²) in [5, 5.41) is 5.47. The smallest absolute Gasteiger partial charge is 0.261 e. The summed E-state index contributed by atoms with van der Waals surface area (Å²) in [5.74, 6) is 0.956. The van der Waals surface area contributed by atoms with Crippen LogP contribution in [0, 0.1) is 0 Å². The number of benzene rings is 1. The van der Waals surface area contributed by atoms with Gasteiger partial charge in [-0.15, -0.1) is 5.10 Å². The van der Waals surface area contributed by atoms with Crippen LogP contribution in [0.3, 0.4) is 0 Å². The fourth-order valence-corrected chi connectivity index (χ4v) is 2.96. The summed E-state index contributed by atoms with van der Waals surface area (Å²) in [5.41, 5.74) is 1.47. The van der Waals surface area contributed by atoms with Crippen LogP contribution in [0.25, 0.3) is 16.7 Å². The Kier molecular flexibility index (Phi) is 3.95. The normalized spacial score (nSPS) is 11.4. The minimum Gasteiger partial charge on any atom is -0.377 e. The topological polar surface area (TPSA) is 74.3 Å². The lowest BCUT2D eigenvalue weighted by molar-refractivity contribution is 0.178. The Morgan fingerprint density at radius 2 is 2.16 bits per heavy atom. The van der Waals surface area contributed by atoms with E-state index < -0.39 is 0 Å². The molecule has 0 bridgehead atoms. The number of methoxy groups -OCH3 is 1. The number of pyridine rings is 1. The van der Waals surface area contributed by atoms with E-state index in [2.05, 4.69) is 15.1 Å². The average Bonchev–Trinajstić information content (AvgIpc) is 3.00. The van der Waals surface area contributed by atoms with E-state index in [4.69, 9.17) is 16.3 Å². The van der Waals surface area contributed by atoms with Crippen LogP contribution in [-0.4, -0.2) is 31.3 Å². The van der Waals surface area contributed by atoms with Gasteiger partial charge in [0, 0.05) is 24.5 Å². The minimum absolute atomic E-state index is 0.143. The lowest BCUT2D eigenvalue weighted by Crippen LogP contribution is -2.21. The molecule has 0 N–H and O–H groups in total. The summed E-state index contributed by atoms with van der Waals surface area (Å²) in [6, 6.07) is 9.27. The van der Waals surface area contributed by atoms with Gasteiger partial charge in [-0.05, 0) is 23.8 Å². The first-order valence-electron chi connectivity index (χ1n) is 7.63. The maximum atomic E-state index is 12.8. The van der Waals surface area contributed by atoms with Crippen molar-refractivity contribution in [3.8, 4) is 0 Å². The number of ether oxygens (including phenoxy) is 1. The summed E-state index contributed by atoms with van der Waals surface area (Å²) in [4.78, 5) is 21.3. The first kappa shape index (κ1) is 15.7. The van der Waals surface area contributed by atoms with E-state index in [1.54, 1.807) is 28.5 Å². The Labute approximate surface area is 147 Å². The third-order valence-corrected chi connectivity index (χ3v) is 4.10. The number of rotatable bonds is 4. The van der Waals surface area contributed by atoms with Gasteiger partial charge in [-0.2, -0.15) is 9.50 Å². The maximum Gasteiger partial charge on any atom is 0.261 e. The first-order chi connectivity index (χ1) is 12.2. The Hall–Kier alpha value is -2.77. The van der Waals surface area contributed by atoms with Gasteiger partial charge < -0.3 is 9.30 Å². The summed E-state index contributed by atoms with van der Waals surface area (Å²) >= 11 is 6.01. The van der Waals surface area contributed by atoms with Crippen molar-refractivity contribution in [1.29, 1.82) is 0 Å². The van der Waals surface area contributed by atoms with Crippen LogP contribution in [0.5, 0.6) is 0 Å². The highest BCUT2D eigenvalue weighted by Crippen LogP contribution is 2.14. The Balaban J connectivity index is 1.82. The SMILES string of the molecule is COCc1nc2ncc3c(=O)n(Cc4cccc(Cl)c4)ccc3n2n1. The van der Waals surface area contributed by atoms with Gasteiger partial charge in [0.05, 0.1) is 17.4 Å². The van der Waals surface area contributed by atoms with E-state index in [1.165, 1.54) is 6.20 Å². The van der Waals surface area contributed by atoms with Crippen molar-refractivity contribution in [1.82, 2.24) is 24.1 Å². The van der Waals surface area contributed by atoms with Gasteiger partial charge >= 0.3 is 0 Å². The molecule has 0 amide bonds. The molecule has 0 saturated heterocycles. The van der Waals surface area contributed by atoms with Crippen molar-refractivity contribution in [2.24, 2.45) is 0 Å². The lowest BCUT2D eigenvalue weighted by Gasteiger charge is -2.08. The molecule has 3 heterocycles. The van der Waals surface area contributed by atoms with Crippen molar-refractivity contribution in [2.45, 2.75) is 13.2 Å². The van der Waals surface area contributed by atoms with Crippen molar-refractivity contribution in [3.05, 3.63) is 69.5 Å². The number of halogens is 1. The summed E-state index contributed by atoms with van der Waals surface area (Å²) in [7, 11) is 1.58. The molecule has 1 aromatic carbocycles. The Bertz CT molecular complexity index is 1130. The zero-order valence-corrected chi connectivity index (χ0v) is 14.1. The van der Waals surface area contributed by atoms with Crippen molar-refractivity contribution in [2.75, 3.05) is 7.11 Å². The van der Waals surface area contributed by atoms with Crippen LogP contribution in [0.4, 0.5) is 0 Å². The van der Waals surface area contributed by atoms with E-state index in [-0.39, 0.29) is 12.2 Å². The van der Waals surface area contributed by atoms with Gasteiger partial charge in [0.1, 0.15) is 6.61 Å². The van der Waals surface area contributed by atoms with Crippen molar-refractivity contribution in [3.63, 3.8) is 0 Å². The molecule has 0 spiro atoms. The van der Waals surface area contributed by atoms with Crippen LogP contribution >= 0.6 is 11.6 Å². The fraction of sp³-hybridized carbons (Fsp3) is 0.176. The second-order valence-corrected chi connectivity index (χ2v) is 6.05. The molecular weight excluding hydrogens is 342 g/mol. The van der Waals surface area contributed by atoms with Gasteiger partial charge in [-0.1, -0.05) is 23.7 Å². The molecule has 0 aliphatic carbocycles. The maximum absolute atomic E-state index is 12.8. The molecule has 25 heavy (non-hydrogen) atoms. The third-order valence-electron chi connectivity index (χ3n) is 3.87. The standard InChI is InChI=1S/C17H14ClN5O2/c1-25-10-15-20-17-19-8-13-14(23(17)21-15)5-6-22(16(13)24)9-11-3-2-4-12(18)7-11/h2-8H,9-10H2,1H3. The van der Waals surface area contributed by atoms with Crippen LogP contribution < -0.4 is 5.56 Å². The van der Waals surface area contributed by atoms with Crippen molar-refractivity contribution < 1.29 is 4.74 Å². The number of hydrogen-bond acceptors (Lipinski definition) is 5. The van der Waals surface area contributed by atoms with Crippen LogP contribution in [0.1, 0.15) is 11.4 Å². The van der Waals surface area contributed by atoms with Crippen LogP contribution in [0.15, 0.2) is 47.5 Å². The molecule has 4 rings (SSSR count). The second kappa shape index (κ2) is 6.27. The highest BCUT2D eigenvalue weighted by atomic mass is 35.5. The summed E-state index contributed by atoms with van der Waals surface area (Å²) in [6.07, 6.45) is 3.27. The van der Waals surface area contributed by atoms with Gasteiger partial charge in [-0.3, -0.25) is 4.79 Å². The van der Waals surface area contributed by atoms with Gasteiger partial charge in [0.15, 0.2) is 5.82 Å². The molecule has 0 aliphatic heterocycles. The zero-order valence-electron chi connectivity index (χ0n) is 13.4. The molecule has 3 aromatic heterocycles. The number of fused-ring (bicyclic) bond motifs is 3.